The molecule has 0 spiro atoms. The Morgan fingerprint density at radius 3 is 2.60 bits per heavy atom. The Labute approximate surface area is 128 Å². The van der Waals surface area contributed by atoms with Crippen molar-refractivity contribution in [1.29, 1.82) is 0 Å². The number of carbonyl (C=O) groups is 1. The lowest BCUT2D eigenvalue weighted by atomic mass is 9.90. The molecule has 2 N–H and O–H groups in total. The zero-order chi connectivity index (χ0) is 14.3. The van der Waals surface area contributed by atoms with Crippen LogP contribution in [0.15, 0.2) is 22.7 Å². The standard InChI is InChI=1S/C15H20BrN3O/c1-18-9-15(20)19(12-5-3-11(17)4-6-12)13-7-2-10(16)8-14(13)18/h2,7-8,11-12H,3-6,9,17H2,1H3. The van der Waals surface area contributed by atoms with E-state index in [-0.39, 0.29) is 5.91 Å². The smallest absolute Gasteiger partial charge is 0.246 e. The molecule has 20 heavy (non-hydrogen) atoms. The Morgan fingerprint density at radius 1 is 1.20 bits per heavy atom. The summed E-state index contributed by atoms with van der Waals surface area (Å²) in [7, 11) is 1.97. The SMILES string of the molecule is CN1CC(=O)N(C2CCC(N)CC2)c2ccc(Br)cc21. The van der Waals surface area contributed by atoms with Crippen LogP contribution in [0.25, 0.3) is 0 Å². The summed E-state index contributed by atoms with van der Waals surface area (Å²) in [6, 6.07) is 6.74. The van der Waals surface area contributed by atoms with E-state index in [0.717, 1.165) is 41.5 Å². The van der Waals surface area contributed by atoms with Crippen LogP contribution in [0.1, 0.15) is 25.7 Å². The third-order valence-electron chi connectivity index (χ3n) is 4.36. The van der Waals surface area contributed by atoms with E-state index in [9.17, 15) is 4.79 Å². The van der Waals surface area contributed by atoms with Gasteiger partial charge in [-0.05, 0) is 43.9 Å². The lowest BCUT2D eigenvalue weighted by Crippen LogP contribution is -2.51. The number of nitrogens with zero attached hydrogens (tertiary/aromatic N) is 2. The summed E-state index contributed by atoms with van der Waals surface area (Å²) in [6.07, 6.45) is 4.03. The molecule has 0 aromatic heterocycles. The van der Waals surface area contributed by atoms with Crippen molar-refractivity contribution < 1.29 is 4.79 Å². The number of rotatable bonds is 1. The van der Waals surface area contributed by atoms with E-state index in [0.29, 0.717) is 18.6 Å². The second-order valence-electron chi connectivity index (χ2n) is 5.82. The highest BCUT2D eigenvalue weighted by Crippen LogP contribution is 2.38. The molecule has 1 fully saturated rings. The Hall–Kier alpha value is -1.07. The van der Waals surface area contributed by atoms with Gasteiger partial charge in [-0.2, -0.15) is 0 Å². The summed E-state index contributed by atoms with van der Waals surface area (Å²) < 4.78 is 1.04. The number of likely N-dealkylation sites (N-methyl/N-ethyl adjacent to an activating group) is 1. The van der Waals surface area contributed by atoms with E-state index in [1.807, 2.05) is 29.0 Å². The molecule has 5 heteroatoms. The minimum absolute atomic E-state index is 0.197. The number of hydrogen-bond acceptors (Lipinski definition) is 3. The molecule has 1 aliphatic carbocycles. The highest BCUT2D eigenvalue weighted by atomic mass is 79.9. The quantitative estimate of drug-likeness (QED) is 0.856. The normalized spacial score (nSPS) is 26.6. The average Bonchev–Trinajstić information content (AvgIpc) is 2.41. The Morgan fingerprint density at radius 2 is 1.90 bits per heavy atom. The van der Waals surface area contributed by atoms with Gasteiger partial charge >= 0.3 is 0 Å². The lowest BCUT2D eigenvalue weighted by molar-refractivity contribution is -0.118. The Bertz CT molecular complexity index is 526. The van der Waals surface area contributed by atoms with Gasteiger partial charge in [0.2, 0.25) is 5.91 Å². The predicted octanol–water partition coefficient (Wildman–Crippen LogP) is 2.50. The summed E-state index contributed by atoms with van der Waals surface area (Å²) >= 11 is 3.51. The fraction of sp³-hybridized carbons (Fsp3) is 0.533. The number of hydrogen-bond donors (Lipinski definition) is 1. The van der Waals surface area contributed by atoms with E-state index >= 15 is 0 Å². The maximum atomic E-state index is 12.5. The molecule has 2 aliphatic rings. The molecule has 0 radical (unpaired) electrons. The van der Waals surface area contributed by atoms with E-state index in [1.165, 1.54) is 0 Å². The van der Waals surface area contributed by atoms with Gasteiger partial charge in [0, 0.05) is 23.6 Å². The molecule has 108 valence electrons. The number of amides is 1. The van der Waals surface area contributed by atoms with Gasteiger partial charge in [-0.15, -0.1) is 0 Å². The molecule has 3 rings (SSSR count). The topological polar surface area (TPSA) is 49.6 Å². The van der Waals surface area contributed by atoms with E-state index in [2.05, 4.69) is 22.0 Å². The molecule has 0 unspecified atom stereocenters. The van der Waals surface area contributed by atoms with Crippen molar-refractivity contribution in [1.82, 2.24) is 0 Å². The van der Waals surface area contributed by atoms with Gasteiger partial charge in [-0.1, -0.05) is 15.9 Å². The number of fused-ring (bicyclic) bond motifs is 1. The first-order valence-corrected chi connectivity index (χ1v) is 7.94. The molecule has 1 aliphatic heterocycles. The lowest BCUT2D eigenvalue weighted by Gasteiger charge is -2.42. The zero-order valence-corrected chi connectivity index (χ0v) is 13.3. The molecular formula is C15H20BrN3O. The number of halogens is 1. The number of carbonyl (C=O) groups excluding carboxylic acids is 1. The third kappa shape index (κ3) is 2.44. The average molecular weight is 338 g/mol. The molecule has 0 bridgehead atoms. The number of anilines is 2. The minimum atomic E-state index is 0.197. The second kappa shape index (κ2) is 5.37. The van der Waals surface area contributed by atoms with Crippen LogP contribution in [-0.4, -0.2) is 31.6 Å². The molecule has 1 heterocycles. The fourth-order valence-electron chi connectivity index (χ4n) is 3.26. The van der Waals surface area contributed by atoms with Crippen molar-refractivity contribution in [2.75, 3.05) is 23.4 Å². The summed E-state index contributed by atoms with van der Waals surface area (Å²) in [5.74, 6) is 0.197. The van der Waals surface area contributed by atoms with E-state index in [4.69, 9.17) is 5.73 Å². The van der Waals surface area contributed by atoms with Gasteiger partial charge in [0.05, 0.1) is 17.9 Å². The highest BCUT2D eigenvalue weighted by molar-refractivity contribution is 9.10. The largest absolute Gasteiger partial charge is 0.364 e. The van der Waals surface area contributed by atoms with E-state index < -0.39 is 0 Å². The van der Waals surface area contributed by atoms with Crippen LogP contribution >= 0.6 is 15.9 Å². The zero-order valence-electron chi connectivity index (χ0n) is 11.7. The maximum Gasteiger partial charge on any atom is 0.246 e. The van der Waals surface area contributed by atoms with Crippen LogP contribution < -0.4 is 15.5 Å². The maximum absolute atomic E-state index is 12.5. The Kier molecular flexibility index (Phi) is 3.73. The van der Waals surface area contributed by atoms with Gasteiger partial charge in [-0.25, -0.2) is 0 Å². The summed E-state index contributed by atoms with van der Waals surface area (Å²) in [4.78, 5) is 16.5. The molecular weight excluding hydrogens is 318 g/mol. The van der Waals surface area contributed by atoms with Crippen molar-refractivity contribution in [3.63, 3.8) is 0 Å². The summed E-state index contributed by atoms with van der Waals surface area (Å²) in [5, 5.41) is 0. The third-order valence-corrected chi connectivity index (χ3v) is 4.85. The summed E-state index contributed by atoms with van der Waals surface area (Å²) in [5.41, 5.74) is 8.13. The van der Waals surface area contributed by atoms with Crippen LogP contribution in [0.3, 0.4) is 0 Å². The van der Waals surface area contributed by atoms with Crippen LogP contribution in [-0.2, 0) is 4.79 Å². The molecule has 1 amide bonds. The first-order chi connectivity index (χ1) is 9.56. The second-order valence-corrected chi connectivity index (χ2v) is 6.74. The molecule has 1 saturated carbocycles. The highest BCUT2D eigenvalue weighted by Gasteiger charge is 2.34. The minimum Gasteiger partial charge on any atom is -0.364 e. The van der Waals surface area contributed by atoms with Crippen molar-refractivity contribution >= 4 is 33.2 Å². The molecule has 0 saturated heterocycles. The molecule has 4 nitrogen and oxygen atoms in total. The first-order valence-electron chi connectivity index (χ1n) is 7.14. The van der Waals surface area contributed by atoms with Crippen LogP contribution in [0.5, 0.6) is 0 Å². The van der Waals surface area contributed by atoms with Crippen molar-refractivity contribution in [2.45, 2.75) is 37.8 Å². The van der Waals surface area contributed by atoms with Crippen molar-refractivity contribution in [2.24, 2.45) is 5.73 Å². The first kappa shape index (κ1) is 13.9. The molecule has 1 aromatic carbocycles. The van der Waals surface area contributed by atoms with Gasteiger partial charge in [0.25, 0.3) is 0 Å². The molecule has 0 atom stereocenters. The number of nitrogens with two attached hydrogens (primary N) is 1. The van der Waals surface area contributed by atoms with Gasteiger partial charge in [0.15, 0.2) is 0 Å². The monoisotopic (exact) mass is 337 g/mol. The predicted molar refractivity (Wildman–Crippen MR) is 85.1 cm³/mol. The van der Waals surface area contributed by atoms with Gasteiger partial charge in [-0.3, -0.25) is 4.79 Å². The van der Waals surface area contributed by atoms with Gasteiger partial charge in [0.1, 0.15) is 0 Å². The Balaban J connectivity index is 1.95. The summed E-state index contributed by atoms with van der Waals surface area (Å²) in [6.45, 7) is 0.450. The van der Waals surface area contributed by atoms with Crippen molar-refractivity contribution in [3.8, 4) is 0 Å². The van der Waals surface area contributed by atoms with Crippen LogP contribution in [0.2, 0.25) is 0 Å². The van der Waals surface area contributed by atoms with E-state index in [1.54, 1.807) is 0 Å². The van der Waals surface area contributed by atoms with Crippen LogP contribution in [0, 0.1) is 0 Å². The molecule has 1 aromatic rings. The van der Waals surface area contributed by atoms with Crippen LogP contribution in [0.4, 0.5) is 11.4 Å². The van der Waals surface area contributed by atoms with Crippen molar-refractivity contribution in [3.05, 3.63) is 22.7 Å². The number of benzene rings is 1. The van der Waals surface area contributed by atoms with Gasteiger partial charge < -0.3 is 15.5 Å². The fourth-order valence-corrected chi connectivity index (χ4v) is 3.61.